The lowest BCUT2D eigenvalue weighted by molar-refractivity contribution is 0.538. The van der Waals surface area contributed by atoms with Crippen molar-refractivity contribution in [1.29, 1.82) is 0 Å². The van der Waals surface area contributed by atoms with Gasteiger partial charge < -0.3 is 4.55 Å². The summed E-state index contributed by atoms with van der Waals surface area (Å²) in [5.41, 5.74) is 0. The molecule has 2 aromatic rings. The van der Waals surface area contributed by atoms with Crippen molar-refractivity contribution >= 4 is 44.1 Å². The van der Waals surface area contributed by atoms with E-state index in [0.717, 1.165) is 4.70 Å². The van der Waals surface area contributed by atoms with Crippen LogP contribution in [0.4, 0.5) is 0 Å². The Kier molecular flexibility index (Phi) is 2.38. The number of hydrogen-bond acceptors (Lipinski definition) is 3. The molecule has 13 heavy (non-hydrogen) atoms. The van der Waals surface area contributed by atoms with Gasteiger partial charge in [-0.25, -0.2) is 0 Å². The van der Waals surface area contributed by atoms with Gasteiger partial charge in [-0.1, -0.05) is 11.6 Å². The van der Waals surface area contributed by atoms with Crippen molar-refractivity contribution in [1.82, 2.24) is 0 Å². The van der Waals surface area contributed by atoms with Crippen LogP contribution < -0.4 is 0 Å². The fraction of sp³-hybridized carbons (Fsp3) is 0. The van der Waals surface area contributed by atoms with Crippen LogP contribution in [0.2, 0.25) is 5.02 Å². The normalized spacial score (nSPS) is 13.4. The third kappa shape index (κ3) is 1.62. The molecule has 0 aliphatic carbocycles. The van der Waals surface area contributed by atoms with Gasteiger partial charge in [-0.15, -0.1) is 11.3 Å². The molecule has 0 N–H and O–H groups in total. The van der Waals surface area contributed by atoms with E-state index in [1.165, 1.54) is 11.3 Å². The van der Waals surface area contributed by atoms with E-state index in [0.29, 0.717) is 15.3 Å². The van der Waals surface area contributed by atoms with Gasteiger partial charge in [0.05, 0.1) is 0 Å². The first-order valence-electron chi connectivity index (χ1n) is 3.44. The molecule has 0 radical (unpaired) electrons. The van der Waals surface area contributed by atoms with Crippen molar-refractivity contribution in [2.45, 2.75) is 4.90 Å². The van der Waals surface area contributed by atoms with E-state index in [4.69, 9.17) is 11.6 Å². The molecule has 1 aromatic carbocycles. The molecular formula is C8H4ClO2S2-. The number of thiophene rings is 1. The largest absolute Gasteiger partial charge is 0.768 e. The lowest BCUT2D eigenvalue weighted by atomic mass is 10.3. The number of hydrogen-bond donors (Lipinski definition) is 0. The molecule has 0 saturated heterocycles. The average molecular weight is 232 g/mol. The predicted octanol–water partition coefficient (Wildman–Crippen LogP) is 2.79. The SMILES string of the molecule is O=S([O-])c1csc2ccc(Cl)cc12. The minimum absolute atomic E-state index is 0.322. The highest BCUT2D eigenvalue weighted by molar-refractivity contribution is 7.79. The van der Waals surface area contributed by atoms with E-state index in [2.05, 4.69) is 0 Å². The maximum Gasteiger partial charge on any atom is 0.0435 e. The highest BCUT2D eigenvalue weighted by Gasteiger charge is 2.04. The molecule has 0 aliphatic rings. The second-order valence-electron chi connectivity index (χ2n) is 2.48. The van der Waals surface area contributed by atoms with E-state index in [1.54, 1.807) is 17.5 Å². The number of benzene rings is 1. The zero-order chi connectivity index (χ0) is 9.42. The number of rotatable bonds is 1. The van der Waals surface area contributed by atoms with Gasteiger partial charge in [0.1, 0.15) is 0 Å². The number of halogens is 1. The Labute approximate surface area is 86.4 Å². The standard InChI is InChI=1S/C8H5ClO2S2/c9-5-1-2-7-6(3-5)8(4-12-7)13(10)11/h1-4H,(H,10,11)/p-1. The Morgan fingerprint density at radius 3 is 2.92 bits per heavy atom. The molecule has 68 valence electrons. The maximum atomic E-state index is 10.8. The first kappa shape index (κ1) is 9.15. The Morgan fingerprint density at radius 2 is 2.23 bits per heavy atom. The summed E-state index contributed by atoms with van der Waals surface area (Å²) in [6.07, 6.45) is 0. The van der Waals surface area contributed by atoms with E-state index in [-0.39, 0.29) is 0 Å². The topological polar surface area (TPSA) is 40.1 Å². The Bertz CT molecular complexity index is 478. The summed E-state index contributed by atoms with van der Waals surface area (Å²) in [4.78, 5) is 0.322. The van der Waals surface area contributed by atoms with Crippen LogP contribution in [0.1, 0.15) is 0 Å². The van der Waals surface area contributed by atoms with Crippen LogP contribution in [0.25, 0.3) is 10.1 Å². The Morgan fingerprint density at radius 1 is 1.46 bits per heavy atom. The van der Waals surface area contributed by atoms with Gasteiger partial charge in [0, 0.05) is 25.4 Å². The third-order valence-electron chi connectivity index (χ3n) is 1.68. The molecule has 1 atom stereocenters. The van der Waals surface area contributed by atoms with Gasteiger partial charge in [0.15, 0.2) is 0 Å². The fourth-order valence-corrected chi connectivity index (χ4v) is 2.95. The van der Waals surface area contributed by atoms with Crippen LogP contribution in [-0.4, -0.2) is 8.76 Å². The van der Waals surface area contributed by atoms with Crippen molar-refractivity contribution in [2.24, 2.45) is 0 Å². The van der Waals surface area contributed by atoms with Crippen LogP contribution >= 0.6 is 22.9 Å². The van der Waals surface area contributed by atoms with Crippen molar-refractivity contribution < 1.29 is 8.76 Å². The van der Waals surface area contributed by atoms with Gasteiger partial charge in [-0.2, -0.15) is 0 Å². The van der Waals surface area contributed by atoms with Crippen molar-refractivity contribution in [2.75, 3.05) is 0 Å². The molecule has 2 rings (SSSR count). The van der Waals surface area contributed by atoms with Crippen LogP contribution in [-0.2, 0) is 11.1 Å². The van der Waals surface area contributed by atoms with Gasteiger partial charge in [0.2, 0.25) is 0 Å². The van der Waals surface area contributed by atoms with E-state index in [1.807, 2.05) is 6.07 Å². The summed E-state index contributed by atoms with van der Waals surface area (Å²) in [6.45, 7) is 0. The molecule has 1 aromatic heterocycles. The molecule has 1 heterocycles. The molecule has 0 saturated carbocycles. The van der Waals surface area contributed by atoms with Crippen LogP contribution in [0.3, 0.4) is 0 Å². The average Bonchev–Trinajstić information content (AvgIpc) is 2.46. The Balaban J connectivity index is 2.79. The monoisotopic (exact) mass is 231 g/mol. The molecule has 1 unspecified atom stereocenters. The lowest BCUT2D eigenvalue weighted by Crippen LogP contribution is -1.85. The van der Waals surface area contributed by atoms with Gasteiger partial charge in [-0.05, 0) is 29.3 Å². The van der Waals surface area contributed by atoms with Gasteiger partial charge in [0.25, 0.3) is 0 Å². The minimum atomic E-state index is -2.18. The first-order valence-corrected chi connectivity index (χ1v) is 5.78. The smallest absolute Gasteiger partial charge is 0.0435 e. The molecule has 2 nitrogen and oxygen atoms in total. The van der Waals surface area contributed by atoms with Crippen LogP contribution in [0.5, 0.6) is 0 Å². The summed E-state index contributed by atoms with van der Waals surface area (Å²) in [6, 6.07) is 5.23. The van der Waals surface area contributed by atoms with Gasteiger partial charge >= 0.3 is 0 Å². The van der Waals surface area contributed by atoms with E-state index in [9.17, 15) is 8.76 Å². The summed E-state index contributed by atoms with van der Waals surface area (Å²) < 4.78 is 22.4. The first-order chi connectivity index (χ1) is 6.18. The van der Waals surface area contributed by atoms with Crippen molar-refractivity contribution in [3.05, 3.63) is 28.6 Å². The van der Waals surface area contributed by atoms with Crippen LogP contribution in [0.15, 0.2) is 28.5 Å². The zero-order valence-electron chi connectivity index (χ0n) is 6.32. The van der Waals surface area contributed by atoms with Gasteiger partial charge in [-0.3, -0.25) is 4.21 Å². The molecule has 0 spiro atoms. The summed E-state index contributed by atoms with van der Waals surface area (Å²) in [5.74, 6) is 0. The highest BCUT2D eigenvalue weighted by Crippen LogP contribution is 2.30. The molecule has 0 aliphatic heterocycles. The summed E-state index contributed by atoms with van der Waals surface area (Å²) >= 11 is 4.98. The van der Waals surface area contributed by atoms with Crippen molar-refractivity contribution in [3.63, 3.8) is 0 Å². The molecular weight excluding hydrogens is 228 g/mol. The Hall–Kier alpha value is -0.420. The minimum Gasteiger partial charge on any atom is -0.768 e. The van der Waals surface area contributed by atoms with Crippen molar-refractivity contribution in [3.8, 4) is 0 Å². The van der Waals surface area contributed by atoms with Crippen LogP contribution in [0, 0.1) is 0 Å². The molecule has 0 bridgehead atoms. The van der Waals surface area contributed by atoms with E-state index >= 15 is 0 Å². The fourth-order valence-electron chi connectivity index (χ4n) is 1.11. The lowest BCUT2D eigenvalue weighted by Gasteiger charge is -2.02. The maximum absolute atomic E-state index is 10.8. The molecule has 5 heteroatoms. The second kappa shape index (κ2) is 3.38. The quantitative estimate of drug-likeness (QED) is 0.708. The second-order valence-corrected chi connectivity index (χ2v) is 4.73. The van der Waals surface area contributed by atoms with E-state index < -0.39 is 11.1 Å². The molecule has 0 amide bonds. The summed E-state index contributed by atoms with van der Waals surface area (Å²) in [7, 11) is 0. The summed E-state index contributed by atoms with van der Waals surface area (Å²) in [5, 5.41) is 2.87. The zero-order valence-corrected chi connectivity index (χ0v) is 8.71. The predicted molar refractivity (Wildman–Crippen MR) is 54.0 cm³/mol. The highest BCUT2D eigenvalue weighted by atomic mass is 35.5. The molecule has 0 fully saturated rings. The third-order valence-corrected chi connectivity index (χ3v) is 3.72. The number of fused-ring (bicyclic) bond motifs is 1.